The van der Waals surface area contributed by atoms with Crippen LogP contribution in [0.3, 0.4) is 0 Å². The molecule has 1 amide bonds. The van der Waals surface area contributed by atoms with Crippen molar-refractivity contribution < 1.29 is 4.79 Å². The largest absolute Gasteiger partial charge is 0.321 e. The zero-order chi connectivity index (χ0) is 14.1. The van der Waals surface area contributed by atoms with E-state index in [2.05, 4.69) is 15.5 Å². The minimum absolute atomic E-state index is 0.177. The van der Waals surface area contributed by atoms with Gasteiger partial charge in [-0.15, -0.1) is 0 Å². The number of aromatic amines is 1. The zero-order valence-electron chi connectivity index (χ0n) is 11.3. The Labute approximate surface area is 122 Å². The number of amides is 1. The van der Waals surface area contributed by atoms with Gasteiger partial charge in [-0.25, -0.2) is 0 Å². The van der Waals surface area contributed by atoms with E-state index in [0.29, 0.717) is 16.4 Å². The van der Waals surface area contributed by atoms with Crippen LogP contribution in [0.1, 0.15) is 40.2 Å². The monoisotopic (exact) mass is 289 g/mol. The molecule has 0 saturated heterocycles. The summed E-state index contributed by atoms with van der Waals surface area (Å²) in [5.41, 5.74) is 4.35. The Morgan fingerprint density at radius 2 is 2.15 bits per heavy atom. The molecule has 1 aliphatic carbocycles. The second-order valence-electron chi connectivity index (χ2n) is 5.15. The van der Waals surface area contributed by atoms with Gasteiger partial charge in [0, 0.05) is 22.0 Å². The predicted molar refractivity (Wildman–Crippen MR) is 79.4 cm³/mol. The molecule has 1 aromatic carbocycles. The highest BCUT2D eigenvalue weighted by Crippen LogP contribution is 2.24. The van der Waals surface area contributed by atoms with E-state index in [1.54, 1.807) is 6.07 Å². The molecule has 0 radical (unpaired) electrons. The third kappa shape index (κ3) is 2.43. The lowest BCUT2D eigenvalue weighted by molar-refractivity contribution is 0.102. The maximum Gasteiger partial charge on any atom is 0.276 e. The number of fused-ring (bicyclic) bond motifs is 1. The van der Waals surface area contributed by atoms with Crippen molar-refractivity contribution in [1.29, 1.82) is 0 Å². The topological polar surface area (TPSA) is 57.8 Å². The lowest BCUT2D eigenvalue weighted by Crippen LogP contribution is -2.15. The van der Waals surface area contributed by atoms with Gasteiger partial charge >= 0.3 is 0 Å². The minimum atomic E-state index is -0.177. The van der Waals surface area contributed by atoms with Gasteiger partial charge in [0.1, 0.15) is 0 Å². The summed E-state index contributed by atoms with van der Waals surface area (Å²) in [6, 6.07) is 5.49. The molecule has 0 fully saturated rings. The molecule has 2 N–H and O–H groups in total. The molecule has 20 heavy (non-hydrogen) atoms. The second-order valence-corrected chi connectivity index (χ2v) is 5.56. The number of carbonyl (C=O) groups excluding carboxylic acids is 1. The molecule has 0 spiro atoms. The van der Waals surface area contributed by atoms with Gasteiger partial charge < -0.3 is 5.32 Å². The average Bonchev–Trinajstić information content (AvgIpc) is 2.87. The fourth-order valence-corrected chi connectivity index (χ4v) is 2.71. The van der Waals surface area contributed by atoms with Crippen molar-refractivity contribution in [2.75, 3.05) is 5.32 Å². The molecule has 104 valence electrons. The summed E-state index contributed by atoms with van der Waals surface area (Å²) >= 11 is 6.06. The molecule has 4 nitrogen and oxygen atoms in total. The molecule has 0 atom stereocenters. The van der Waals surface area contributed by atoms with Crippen LogP contribution in [0.15, 0.2) is 18.2 Å². The Morgan fingerprint density at radius 3 is 2.95 bits per heavy atom. The van der Waals surface area contributed by atoms with Crippen LogP contribution in [-0.2, 0) is 12.8 Å². The molecular formula is C15H16ClN3O. The van der Waals surface area contributed by atoms with Gasteiger partial charge in [-0.2, -0.15) is 5.10 Å². The van der Waals surface area contributed by atoms with Gasteiger partial charge in [-0.3, -0.25) is 9.89 Å². The van der Waals surface area contributed by atoms with Gasteiger partial charge in [-0.1, -0.05) is 17.7 Å². The molecule has 0 aliphatic heterocycles. The van der Waals surface area contributed by atoms with Crippen LogP contribution in [0, 0.1) is 6.92 Å². The quantitative estimate of drug-likeness (QED) is 0.889. The molecule has 0 bridgehead atoms. The van der Waals surface area contributed by atoms with Crippen LogP contribution in [0.4, 0.5) is 5.69 Å². The summed E-state index contributed by atoms with van der Waals surface area (Å²) in [5.74, 6) is -0.177. The van der Waals surface area contributed by atoms with Crippen LogP contribution in [0.5, 0.6) is 0 Å². The summed E-state index contributed by atoms with van der Waals surface area (Å²) in [6.45, 7) is 1.93. The number of rotatable bonds is 2. The summed E-state index contributed by atoms with van der Waals surface area (Å²) in [5, 5.41) is 10.6. The lowest BCUT2D eigenvalue weighted by atomic mass is 9.96. The third-order valence-electron chi connectivity index (χ3n) is 3.70. The maximum absolute atomic E-state index is 12.3. The number of aryl methyl sites for hydroxylation is 2. The second kappa shape index (κ2) is 5.29. The summed E-state index contributed by atoms with van der Waals surface area (Å²) in [6.07, 6.45) is 4.17. The van der Waals surface area contributed by atoms with E-state index in [-0.39, 0.29) is 5.91 Å². The van der Waals surface area contributed by atoms with Gasteiger partial charge in [0.2, 0.25) is 0 Å². The molecule has 1 heterocycles. The maximum atomic E-state index is 12.3. The summed E-state index contributed by atoms with van der Waals surface area (Å²) in [7, 11) is 0. The Balaban J connectivity index is 1.82. The number of nitrogens with zero attached hydrogens (tertiary/aromatic N) is 1. The number of hydrogen-bond acceptors (Lipinski definition) is 2. The number of benzene rings is 1. The highest BCUT2D eigenvalue weighted by Gasteiger charge is 2.21. The van der Waals surface area contributed by atoms with Crippen LogP contribution in [0.2, 0.25) is 5.02 Å². The number of hydrogen-bond donors (Lipinski definition) is 2. The fourth-order valence-electron chi connectivity index (χ4n) is 2.53. The fraction of sp³-hybridized carbons (Fsp3) is 0.333. The number of halogens is 1. The zero-order valence-corrected chi connectivity index (χ0v) is 12.0. The lowest BCUT2D eigenvalue weighted by Gasteiger charge is -2.11. The van der Waals surface area contributed by atoms with Gasteiger partial charge in [0.25, 0.3) is 5.91 Å². The van der Waals surface area contributed by atoms with E-state index in [1.807, 2.05) is 19.1 Å². The molecule has 2 aromatic rings. The third-order valence-corrected chi connectivity index (χ3v) is 4.11. The smallest absolute Gasteiger partial charge is 0.276 e. The van der Waals surface area contributed by atoms with Gasteiger partial charge in [-0.05, 0) is 50.3 Å². The van der Waals surface area contributed by atoms with Crippen molar-refractivity contribution in [3.05, 3.63) is 45.7 Å². The van der Waals surface area contributed by atoms with Crippen molar-refractivity contribution in [2.24, 2.45) is 0 Å². The molecule has 1 aromatic heterocycles. The Morgan fingerprint density at radius 1 is 1.35 bits per heavy atom. The number of carbonyl (C=O) groups is 1. The Hall–Kier alpha value is -1.81. The van der Waals surface area contributed by atoms with E-state index in [1.165, 1.54) is 0 Å². The summed E-state index contributed by atoms with van der Waals surface area (Å²) in [4.78, 5) is 12.3. The molecule has 0 saturated carbocycles. The first-order valence-corrected chi connectivity index (χ1v) is 7.16. The van der Waals surface area contributed by atoms with Crippen molar-refractivity contribution in [3.63, 3.8) is 0 Å². The first-order chi connectivity index (χ1) is 9.65. The molecule has 0 unspecified atom stereocenters. The van der Waals surface area contributed by atoms with Crippen LogP contribution in [0.25, 0.3) is 0 Å². The van der Waals surface area contributed by atoms with E-state index in [4.69, 9.17) is 11.6 Å². The summed E-state index contributed by atoms with van der Waals surface area (Å²) < 4.78 is 0. The predicted octanol–water partition coefficient (Wildman–Crippen LogP) is 3.50. The molecular weight excluding hydrogens is 274 g/mol. The standard InChI is InChI=1S/C15H16ClN3O/c1-9-6-7-10(8-12(9)16)17-15(20)14-11-4-2-3-5-13(11)18-19-14/h6-8H,2-5H2,1H3,(H,17,20)(H,18,19). The van der Waals surface area contributed by atoms with Crippen molar-refractivity contribution >= 4 is 23.2 Å². The number of anilines is 1. The van der Waals surface area contributed by atoms with E-state index in [9.17, 15) is 4.79 Å². The Kier molecular flexibility index (Phi) is 3.49. The first kappa shape index (κ1) is 13.2. The van der Waals surface area contributed by atoms with E-state index < -0.39 is 0 Å². The van der Waals surface area contributed by atoms with Crippen molar-refractivity contribution in [2.45, 2.75) is 32.6 Å². The van der Waals surface area contributed by atoms with Crippen LogP contribution in [-0.4, -0.2) is 16.1 Å². The highest BCUT2D eigenvalue weighted by molar-refractivity contribution is 6.31. The highest BCUT2D eigenvalue weighted by atomic mass is 35.5. The average molecular weight is 290 g/mol. The van der Waals surface area contributed by atoms with E-state index >= 15 is 0 Å². The Bertz CT molecular complexity index is 663. The number of H-pyrrole nitrogens is 1. The molecule has 1 aliphatic rings. The number of nitrogens with one attached hydrogen (secondary N) is 2. The number of aromatic nitrogens is 2. The van der Waals surface area contributed by atoms with Crippen LogP contribution < -0.4 is 5.32 Å². The molecule has 3 rings (SSSR count). The first-order valence-electron chi connectivity index (χ1n) is 6.79. The van der Waals surface area contributed by atoms with Crippen molar-refractivity contribution in [1.82, 2.24) is 10.2 Å². The van der Waals surface area contributed by atoms with Gasteiger partial charge in [0.05, 0.1) is 0 Å². The van der Waals surface area contributed by atoms with Crippen LogP contribution >= 0.6 is 11.6 Å². The normalized spacial score (nSPS) is 13.9. The minimum Gasteiger partial charge on any atom is -0.321 e. The SMILES string of the molecule is Cc1ccc(NC(=O)c2n[nH]c3c2CCCC3)cc1Cl. The van der Waals surface area contributed by atoms with Crippen molar-refractivity contribution in [3.8, 4) is 0 Å². The molecule has 5 heteroatoms. The van der Waals surface area contributed by atoms with E-state index in [0.717, 1.165) is 42.5 Å². The van der Waals surface area contributed by atoms with Gasteiger partial charge in [0.15, 0.2) is 5.69 Å².